The Kier molecular flexibility index (Phi) is 7.30. The monoisotopic (exact) mass is 424 g/mol. The zero-order chi connectivity index (χ0) is 23.1. The zero-order valence-corrected chi connectivity index (χ0v) is 18.3. The fraction of sp³-hybridized carbons (Fsp3) is 0.148. The zero-order valence-electron chi connectivity index (χ0n) is 18.3. The number of allylic oxidation sites excluding steroid dienone is 7. The summed E-state index contributed by atoms with van der Waals surface area (Å²) in [7, 11) is 1.98. The molecule has 0 unspecified atom stereocenters. The number of halogens is 1. The lowest BCUT2D eigenvalue weighted by Gasteiger charge is -2.30. The van der Waals surface area contributed by atoms with Crippen LogP contribution in [0, 0.1) is 17.1 Å². The lowest BCUT2D eigenvalue weighted by atomic mass is 9.89. The van der Waals surface area contributed by atoms with Crippen LogP contribution in [-0.2, 0) is 6.42 Å². The van der Waals surface area contributed by atoms with Gasteiger partial charge in [-0.05, 0) is 49.1 Å². The van der Waals surface area contributed by atoms with Gasteiger partial charge in [-0.1, -0.05) is 43.5 Å². The quantitative estimate of drug-likeness (QED) is 0.400. The molecule has 1 aromatic heterocycles. The first kappa shape index (κ1) is 22.6. The van der Waals surface area contributed by atoms with Crippen LogP contribution in [0.2, 0.25) is 0 Å². The van der Waals surface area contributed by atoms with E-state index in [-0.39, 0.29) is 5.56 Å². The smallest absolute Gasteiger partial charge is 0.141 e. The highest BCUT2D eigenvalue weighted by Crippen LogP contribution is 2.36. The molecule has 4 nitrogen and oxygen atoms in total. The van der Waals surface area contributed by atoms with Crippen LogP contribution in [0.5, 0.6) is 0 Å². The molecule has 5 heteroatoms. The van der Waals surface area contributed by atoms with Gasteiger partial charge in [0.15, 0.2) is 0 Å². The van der Waals surface area contributed by atoms with Crippen molar-refractivity contribution in [3.05, 3.63) is 114 Å². The number of pyridine rings is 1. The Hall–Kier alpha value is -4.04. The van der Waals surface area contributed by atoms with E-state index in [1.807, 2.05) is 38.3 Å². The Morgan fingerprint density at radius 3 is 2.75 bits per heavy atom. The summed E-state index contributed by atoms with van der Waals surface area (Å²) >= 11 is 0. The number of hydrogen-bond acceptors (Lipinski definition) is 4. The van der Waals surface area contributed by atoms with E-state index in [0.717, 1.165) is 41.1 Å². The van der Waals surface area contributed by atoms with E-state index >= 15 is 0 Å². The number of fused-ring (bicyclic) bond motifs is 1. The van der Waals surface area contributed by atoms with Crippen molar-refractivity contribution >= 4 is 17.4 Å². The van der Waals surface area contributed by atoms with E-state index in [1.165, 1.54) is 12.3 Å². The van der Waals surface area contributed by atoms with Crippen LogP contribution in [0.4, 0.5) is 4.39 Å². The van der Waals surface area contributed by atoms with E-state index in [4.69, 9.17) is 0 Å². The van der Waals surface area contributed by atoms with Crippen molar-refractivity contribution in [3.63, 3.8) is 0 Å². The van der Waals surface area contributed by atoms with Crippen molar-refractivity contribution < 1.29 is 4.39 Å². The van der Waals surface area contributed by atoms with Gasteiger partial charge in [-0.15, -0.1) is 0 Å². The number of nitriles is 1. The van der Waals surface area contributed by atoms with Gasteiger partial charge in [0.1, 0.15) is 11.9 Å². The number of aryl methyl sites for hydroxylation is 1. The molecule has 0 saturated carbocycles. The van der Waals surface area contributed by atoms with E-state index in [0.29, 0.717) is 11.1 Å². The van der Waals surface area contributed by atoms with Crippen LogP contribution in [0.25, 0.3) is 11.1 Å². The lowest BCUT2D eigenvalue weighted by Crippen LogP contribution is -2.22. The highest BCUT2D eigenvalue weighted by atomic mass is 19.1. The minimum atomic E-state index is -0.553. The van der Waals surface area contributed by atoms with E-state index in [1.54, 1.807) is 30.6 Å². The van der Waals surface area contributed by atoms with Crippen LogP contribution in [0.1, 0.15) is 35.7 Å². The third kappa shape index (κ3) is 4.50. The number of benzene rings is 1. The second-order valence-corrected chi connectivity index (χ2v) is 7.18. The molecule has 3 rings (SSSR count). The standard InChI is InChI=1S/C27H25FN4/c1-5-19(22-11-8-12-25(28)24(22)17-29)16-23-26(32(4)21(6-2)18-30-7-3)14-13-20-10-9-15-31-27(20)23/h5-12,15-16,18H,1,3,13-14H2,2,4H3/b19-16+,21-6+,30-18-. The van der Waals surface area contributed by atoms with Crippen LogP contribution in [0.15, 0.2) is 90.5 Å². The number of nitrogens with zero attached hydrogens (tertiary/aromatic N) is 4. The summed E-state index contributed by atoms with van der Waals surface area (Å²) < 4.78 is 14.3. The maximum atomic E-state index is 14.3. The summed E-state index contributed by atoms with van der Waals surface area (Å²) in [5.41, 5.74) is 6.03. The van der Waals surface area contributed by atoms with Gasteiger partial charge in [-0.3, -0.25) is 9.98 Å². The van der Waals surface area contributed by atoms with Crippen LogP contribution in [0.3, 0.4) is 0 Å². The van der Waals surface area contributed by atoms with Gasteiger partial charge in [0, 0.05) is 36.3 Å². The van der Waals surface area contributed by atoms with Gasteiger partial charge in [0.2, 0.25) is 0 Å². The normalized spacial score (nSPS) is 14.2. The Bertz CT molecular complexity index is 1210. The van der Waals surface area contributed by atoms with E-state index in [2.05, 4.69) is 34.1 Å². The summed E-state index contributed by atoms with van der Waals surface area (Å²) in [5.74, 6) is -0.553. The fourth-order valence-corrected chi connectivity index (χ4v) is 3.83. The predicted molar refractivity (Wildman–Crippen MR) is 129 cm³/mol. The van der Waals surface area contributed by atoms with Gasteiger partial charge in [0.25, 0.3) is 0 Å². The highest BCUT2D eigenvalue weighted by molar-refractivity contribution is 5.91. The number of aromatic nitrogens is 1. The van der Waals surface area contributed by atoms with Crippen LogP contribution in [-0.4, -0.2) is 23.1 Å². The van der Waals surface area contributed by atoms with E-state index < -0.39 is 5.82 Å². The molecule has 0 aliphatic heterocycles. The van der Waals surface area contributed by atoms with Crippen molar-refractivity contribution in [1.82, 2.24) is 9.88 Å². The minimum absolute atomic E-state index is 0.00142. The molecular weight excluding hydrogens is 399 g/mol. The maximum Gasteiger partial charge on any atom is 0.141 e. The molecule has 1 aliphatic carbocycles. The van der Waals surface area contributed by atoms with Crippen LogP contribution < -0.4 is 0 Å². The van der Waals surface area contributed by atoms with Crippen molar-refractivity contribution in [2.24, 2.45) is 4.99 Å². The molecule has 160 valence electrons. The van der Waals surface area contributed by atoms with Crippen molar-refractivity contribution in [1.29, 1.82) is 5.26 Å². The number of aliphatic imine (C=N–C) groups is 1. The van der Waals surface area contributed by atoms with E-state index in [9.17, 15) is 9.65 Å². The summed E-state index contributed by atoms with van der Waals surface area (Å²) in [5, 5.41) is 9.52. The molecule has 0 saturated heterocycles. The number of hydrogen-bond donors (Lipinski definition) is 0. The Labute approximate surface area is 188 Å². The lowest BCUT2D eigenvalue weighted by molar-refractivity contribution is 0.516. The first-order chi connectivity index (χ1) is 15.5. The van der Waals surface area contributed by atoms with Gasteiger partial charge < -0.3 is 4.90 Å². The molecule has 0 radical (unpaired) electrons. The van der Waals surface area contributed by atoms with Crippen molar-refractivity contribution in [2.75, 3.05) is 7.05 Å². The SMILES string of the molecule is C=C/N=C\C(=C/C)N(C)C1=C(/C=C(\C=C)c2cccc(F)c2C#N)c2ncccc2CC1. The highest BCUT2D eigenvalue weighted by Gasteiger charge is 2.23. The molecule has 2 aromatic rings. The third-order valence-electron chi connectivity index (χ3n) is 5.44. The molecule has 0 atom stereocenters. The molecule has 1 aromatic carbocycles. The Morgan fingerprint density at radius 2 is 2.06 bits per heavy atom. The average Bonchev–Trinajstić information content (AvgIpc) is 2.82. The van der Waals surface area contributed by atoms with Crippen molar-refractivity contribution in [3.8, 4) is 6.07 Å². The second-order valence-electron chi connectivity index (χ2n) is 7.18. The summed E-state index contributed by atoms with van der Waals surface area (Å²) in [6.45, 7) is 9.52. The largest absolute Gasteiger partial charge is 0.347 e. The average molecular weight is 425 g/mol. The van der Waals surface area contributed by atoms with Gasteiger partial charge in [-0.25, -0.2) is 4.39 Å². The molecule has 1 heterocycles. The van der Waals surface area contributed by atoms with Crippen molar-refractivity contribution in [2.45, 2.75) is 19.8 Å². The molecule has 0 amide bonds. The topological polar surface area (TPSA) is 52.3 Å². The molecule has 0 bridgehead atoms. The third-order valence-corrected chi connectivity index (χ3v) is 5.44. The predicted octanol–water partition coefficient (Wildman–Crippen LogP) is 6.07. The molecule has 0 fully saturated rings. The molecule has 1 aliphatic rings. The van der Waals surface area contributed by atoms with Gasteiger partial charge >= 0.3 is 0 Å². The Balaban J connectivity index is 2.26. The maximum absolute atomic E-state index is 14.3. The van der Waals surface area contributed by atoms with Gasteiger partial charge in [0.05, 0.1) is 23.2 Å². The molecule has 0 N–H and O–H groups in total. The first-order valence-corrected chi connectivity index (χ1v) is 10.3. The minimum Gasteiger partial charge on any atom is -0.347 e. The van der Waals surface area contributed by atoms with Gasteiger partial charge in [-0.2, -0.15) is 5.26 Å². The number of rotatable bonds is 7. The van der Waals surface area contributed by atoms with Crippen LogP contribution >= 0.6 is 0 Å². The first-order valence-electron chi connectivity index (χ1n) is 10.3. The molecule has 0 spiro atoms. The summed E-state index contributed by atoms with van der Waals surface area (Å²) in [4.78, 5) is 10.9. The Morgan fingerprint density at radius 1 is 1.25 bits per heavy atom. The fourth-order valence-electron chi connectivity index (χ4n) is 3.83. The second kappa shape index (κ2) is 10.3. The molecular formula is C27H25FN4. The summed E-state index contributed by atoms with van der Waals surface area (Å²) in [6, 6.07) is 10.6. The molecule has 32 heavy (non-hydrogen) atoms. The summed E-state index contributed by atoms with van der Waals surface area (Å²) in [6.07, 6.45) is 12.2.